The third kappa shape index (κ3) is 4.75. The number of nitrogens with one attached hydrogen (secondary N) is 1. The average molecular weight is 223 g/mol. The predicted molar refractivity (Wildman–Crippen MR) is 66.9 cm³/mol. The van der Waals surface area contributed by atoms with Crippen molar-refractivity contribution < 1.29 is 4.39 Å². The predicted octanol–water partition coefficient (Wildman–Crippen LogP) is 3.91. The fourth-order valence-corrected chi connectivity index (χ4v) is 1.53. The number of hydrogen-bond donors (Lipinski definition) is 1. The molecule has 0 spiro atoms. The Morgan fingerprint density at radius 3 is 2.25 bits per heavy atom. The van der Waals surface area contributed by atoms with Crippen molar-refractivity contribution in [1.82, 2.24) is 5.32 Å². The summed E-state index contributed by atoms with van der Waals surface area (Å²) < 4.78 is 12.7. The van der Waals surface area contributed by atoms with Crippen LogP contribution in [-0.2, 0) is 0 Å². The van der Waals surface area contributed by atoms with E-state index in [1.807, 2.05) is 12.1 Å². The van der Waals surface area contributed by atoms with E-state index >= 15 is 0 Å². The van der Waals surface area contributed by atoms with E-state index in [0.717, 1.165) is 18.5 Å². The molecule has 0 amide bonds. The SMILES string of the molecule is C[C@H](NCCC(C)(C)C)c1ccc(F)cc1. The van der Waals surface area contributed by atoms with Crippen LogP contribution in [0.4, 0.5) is 4.39 Å². The van der Waals surface area contributed by atoms with Crippen LogP contribution in [0.2, 0.25) is 0 Å². The first-order valence-corrected chi connectivity index (χ1v) is 5.87. The van der Waals surface area contributed by atoms with E-state index < -0.39 is 0 Å². The molecule has 1 nitrogen and oxygen atoms in total. The van der Waals surface area contributed by atoms with E-state index in [-0.39, 0.29) is 11.9 Å². The molecule has 0 fully saturated rings. The standard InChI is InChI=1S/C14H22FN/c1-11(16-10-9-14(2,3)4)12-5-7-13(15)8-6-12/h5-8,11,16H,9-10H2,1-4H3/t11-/m0/s1. The van der Waals surface area contributed by atoms with E-state index in [9.17, 15) is 4.39 Å². The molecular weight excluding hydrogens is 201 g/mol. The zero-order valence-corrected chi connectivity index (χ0v) is 10.7. The Balaban J connectivity index is 2.41. The maximum Gasteiger partial charge on any atom is 0.123 e. The maximum absolute atomic E-state index is 12.7. The molecule has 1 aromatic rings. The lowest BCUT2D eigenvalue weighted by atomic mass is 9.92. The minimum absolute atomic E-state index is 0.175. The maximum atomic E-state index is 12.7. The molecule has 0 saturated heterocycles. The van der Waals surface area contributed by atoms with Crippen LogP contribution in [0.3, 0.4) is 0 Å². The summed E-state index contributed by atoms with van der Waals surface area (Å²) >= 11 is 0. The minimum Gasteiger partial charge on any atom is -0.310 e. The van der Waals surface area contributed by atoms with Crippen LogP contribution in [-0.4, -0.2) is 6.54 Å². The molecule has 0 radical (unpaired) electrons. The Morgan fingerprint density at radius 1 is 1.19 bits per heavy atom. The molecule has 16 heavy (non-hydrogen) atoms. The monoisotopic (exact) mass is 223 g/mol. The van der Waals surface area contributed by atoms with Crippen molar-refractivity contribution in [3.63, 3.8) is 0 Å². The molecule has 2 heteroatoms. The van der Waals surface area contributed by atoms with E-state index in [1.54, 1.807) is 0 Å². The van der Waals surface area contributed by atoms with Gasteiger partial charge in [-0.25, -0.2) is 4.39 Å². The number of hydrogen-bond acceptors (Lipinski definition) is 1. The molecule has 1 aromatic carbocycles. The van der Waals surface area contributed by atoms with Gasteiger partial charge in [0.15, 0.2) is 0 Å². The molecule has 1 N–H and O–H groups in total. The Bertz CT molecular complexity index is 311. The van der Waals surface area contributed by atoms with Gasteiger partial charge in [0, 0.05) is 6.04 Å². The van der Waals surface area contributed by atoms with E-state index in [1.165, 1.54) is 12.1 Å². The van der Waals surface area contributed by atoms with Gasteiger partial charge in [-0.1, -0.05) is 32.9 Å². The van der Waals surface area contributed by atoms with Crippen LogP contribution in [0.5, 0.6) is 0 Å². The lowest BCUT2D eigenvalue weighted by Gasteiger charge is -2.20. The van der Waals surface area contributed by atoms with Crippen molar-refractivity contribution in [2.45, 2.75) is 40.2 Å². The third-order valence-electron chi connectivity index (χ3n) is 2.70. The van der Waals surface area contributed by atoms with Gasteiger partial charge in [-0.15, -0.1) is 0 Å². The highest BCUT2D eigenvalue weighted by Crippen LogP contribution is 2.18. The van der Waals surface area contributed by atoms with Gasteiger partial charge in [0.25, 0.3) is 0 Å². The first-order chi connectivity index (χ1) is 7.38. The van der Waals surface area contributed by atoms with E-state index in [0.29, 0.717) is 5.41 Å². The lowest BCUT2D eigenvalue weighted by Crippen LogP contribution is -2.23. The zero-order chi connectivity index (χ0) is 12.2. The average Bonchev–Trinajstić information content (AvgIpc) is 2.16. The van der Waals surface area contributed by atoms with Gasteiger partial charge in [-0.3, -0.25) is 0 Å². The summed E-state index contributed by atoms with van der Waals surface area (Å²) in [6.45, 7) is 9.80. The van der Waals surface area contributed by atoms with Crippen molar-refractivity contribution in [3.05, 3.63) is 35.6 Å². The molecule has 1 rings (SSSR count). The van der Waals surface area contributed by atoms with Crippen LogP contribution in [0.1, 0.15) is 45.7 Å². The third-order valence-corrected chi connectivity index (χ3v) is 2.70. The normalized spacial score (nSPS) is 13.8. The second-order valence-corrected chi connectivity index (χ2v) is 5.54. The summed E-state index contributed by atoms with van der Waals surface area (Å²) in [4.78, 5) is 0. The van der Waals surface area contributed by atoms with Crippen LogP contribution in [0.15, 0.2) is 24.3 Å². The van der Waals surface area contributed by atoms with Crippen molar-refractivity contribution in [1.29, 1.82) is 0 Å². The summed E-state index contributed by atoms with van der Waals surface area (Å²) in [6, 6.07) is 6.98. The second kappa shape index (κ2) is 5.44. The van der Waals surface area contributed by atoms with Crippen LogP contribution < -0.4 is 5.32 Å². The molecule has 0 aliphatic heterocycles. The van der Waals surface area contributed by atoms with Gasteiger partial charge < -0.3 is 5.32 Å². The molecule has 0 unspecified atom stereocenters. The van der Waals surface area contributed by atoms with Crippen LogP contribution >= 0.6 is 0 Å². The van der Waals surface area contributed by atoms with Gasteiger partial charge in [0.1, 0.15) is 5.82 Å². The van der Waals surface area contributed by atoms with E-state index in [4.69, 9.17) is 0 Å². The first-order valence-electron chi connectivity index (χ1n) is 5.87. The van der Waals surface area contributed by atoms with Crippen molar-refractivity contribution >= 4 is 0 Å². The highest BCUT2D eigenvalue weighted by atomic mass is 19.1. The second-order valence-electron chi connectivity index (χ2n) is 5.54. The molecule has 1 atom stereocenters. The van der Waals surface area contributed by atoms with Gasteiger partial charge in [-0.05, 0) is 43.0 Å². The largest absolute Gasteiger partial charge is 0.310 e. The highest BCUT2D eigenvalue weighted by molar-refractivity contribution is 5.19. The number of benzene rings is 1. The Labute approximate surface area is 98.1 Å². The fraction of sp³-hybridized carbons (Fsp3) is 0.571. The first kappa shape index (κ1) is 13.2. The summed E-state index contributed by atoms with van der Waals surface area (Å²) in [7, 11) is 0. The topological polar surface area (TPSA) is 12.0 Å². The summed E-state index contributed by atoms with van der Waals surface area (Å²) in [5, 5.41) is 3.45. The van der Waals surface area contributed by atoms with Crippen LogP contribution in [0.25, 0.3) is 0 Å². The molecule has 0 aliphatic carbocycles. The van der Waals surface area contributed by atoms with E-state index in [2.05, 4.69) is 33.0 Å². The molecule has 90 valence electrons. The number of halogens is 1. The molecule has 0 saturated carbocycles. The number of rotatable bonds is 4. The lowest BCUT2D eigenvalue weighted by molar-refractivity contribution is 0.358. The fourth-order valence-electron chi connectivity index (χ4n) is 1.53. The van der Waals surface area contributed by atoms with Crippen LogP contribution in [0, 0.1) is 11.2 Å². The summed E-state index contributed by atoms with van der Waals surface area (Å²) in [5.41, 5.74) is 1.49. The highest BCUT2D eigenvalue weighted by Gasteiger charge is 2.11. The van der Waals surface area contributed by atoms with Crippen molar-refractivity contribution in [2.24, 2.45) is 5.41 Å². The van der Waals surface area contributed by atoms with Crippen molar-refractivity contribution in [2.75, 3.05) is 6.54 Å². The minimum atomic E-state index is -0.175. The molecule has 0 aliphatic rings. The smallest absolute Gasteiger partial charge is 0.123 e. The summed E-state index contributed by atoms with van der Waals surface area (Å²) in [6.07, 6.45) is 1.14. The molecule has 0 heterocycles. The van der Waals surface area contributed by atoms with Crippen molar-refractivity contribution in [3.8, 4) is 0 Å². The quantitative estimate of drug-likeness (QED) is 0.816. The zero-order valence-electron chi connectivity index (χ0n) is 10.7. The van der Waals surface area contributed by atoms with Gasteiger partial charge in [0.05, 0.1) is 0 Å². The Morgan fingerprint density at radius 2 is 1.75 bits per heavy atom. The van der Waals surface area contributed by atoms with Gasteiger partial charge in [-0.2, -0.15) is 0 Å². The molecule has 0 bridgehead atoms. The molecule has 0 aromatic heterocycles. The van der Waals surface area contributed by atoms with Gasteiger partial charge >= 0.3 is 0 Å². The molecular formula is C14H22FN. The Kier molecular flexibility index (Phi) is 4.48. The Hall–Kier alpha value is -0.890. The van der Waals surface area contributed by atoms with Gasteiger partial charge in [0.2, 0.25) is 0 Å². The summed E-state index contributed by atoms with van der Waals surface area (Å²) in [5.74, 6) is -0.175.